The third-order valence-electron chi connectivity index (χ3n) is 7.03. The number of nitro benzene ring substituents is 1. The van der Waals surface area contributed by atoms with Crippen LogP contribution >= 0.6 is 0 Å². The minimum atomic E-state index is -4.72. The largest absolute Gasteiger partial charge is 0.573 e. The molecule has 0 radical (unpaired) electrons. The van der Waals surface area contributed by atoms with E-state index in [0.29, 0.717) is 46.7 Å². The summed E-state index contributed by atoms with van der Waals surface area (Å²) >= 11 is 0. The average Bonchev–Trinajstić information content (AvgIpc) is 3.23. The molecule has 0 atom stereocenters. The molecule has 0 aromatic heterocycles. The Labute approximate surface area is 358 Å². The maximum absolute atomic E-state index is 12.0. The molecule has 1 N–H and O–H groups in total. The number of hydrogen-bond acceptors (Lipinski definition) is 10. The topological polar surface area (TPSA) is 144 Å². The lowest BCUT2D eigenvalue weighted by molar-refractivity contribution is -0.384. The molecule has 0 heterocycles. The number of nitro groups is 1. The Morgan fingerprint density at radius 1 is 0.453 bits per heavy atom. The van der Waals surface area contributed by atoms with Gasteiger partial charge in [0.05, 0.1) is 4.92 Å². The van der Waals surface area contributed by atoms with E-state index in [2.05, 4.69) is 20.8 Å². The first kappa shape index (κ1) is 52.1. The average molecular weight is 908 g/mol. The number of carbonyl (C=O) groups excluding carboxylic acids is 2. The van der Waals surface area contributed by atoms with Gasteiger partial charge in [0.15, 0.2) is 0 Å². The van der Waals surface area contributed by atoms with Crippen LogP contribution in [0.25, 0.3) is 6.08 Å². The van der Waals surface area contributed by atoms with Crippen LogP contribution in [0.15, 0.2) is 152 Å². The minimum absolute atomic E-state index is 0. The summed E-state index contributed by atoms with van der Waals surface area (Å²) in [5.41, 5.74) is 1.89. The summed E-state index contributed by atoms with van der Waals surface area (Å²) in [5, 5.41) is 18.8. The molecule has 0 amide bonds. The third kappa shape index (κ3) is 21.0. The Kier molecular flexibility index (Phi) is 19.9. The van der Waals surface area contributed by atoms with Crippen molar-refractivity contribution in [3.8, 4) is 46.0 Å². The number of benzene rings is 6. The van der Waals surface area contributed by atoms with Gasteiger partial charge in [-0.15, -0.1) is 39.5 Å². The van der Waals surface area contributed by atoms with Gasteiger partial charge in [-0.1, -0.05) is 32.2 Å². The molecule has 6 aromatic carbocycles. The summed E-state index contributed by atoms with van der Waals surface area (Å²) in [6, 6.07) is 33.4. The van der Waals surface area contributed by atoms with E-state index >= 15 is 0 Å². The first-order valence-electron chi connectivity index (χ1n) is 17.2. The number of nitrogens with zero attached hydrogens (tertiary/aromatic N) is 1. The molecule has 0 spiro atoms. The summed E-state index contributed by atoms with van der Waals surface area (Å²) in [5.74, 6) is 0.780. The van der Waals surface area contributed by atoms with Gasteiger partial charge in [-0.05, 0) is 127 Å². The molecule has 64 heavy (non-hydrogen) atoms. The van der Waals surface area contributed by atoms with Gasteiger partial charge in [-0.25, -0.2) is 0 Å². The third-order valence-corrected chi connectivity index (χ3v) is 7.03. The summed E-state index contributed by atoms with van der Waals surface area (Å²) in [6.45, 7) is 3.64. The molecule has 0 saturated heterocycles. The summed E-state index contributed by atoms with van der Waals surface area (Å²) in [4.78, 5) is 30.2. The SMILES string of the molecule is C.C=Cc1ccc(Oc2ccc(OC(F)(F)F)cc2)cc1.O=Cc1ccc(Oc2ccc(OC(F)(F)F)cc2)cc1.O=Cc1ccc([N+](=O)[O-])cc1.Oc1ccc(OC(F)(F)F)cc1. The molecule has 6 rings (SSSR count). The number of rotatable bonds is 11. The second-order valence-electron chi connectivity index (χ2n) is 11.7. The normalized spacial score (nSPS) is 10.5. The Morgan fingerprint density at radius 2 is 0.703 bits per heavy atom. The van der Waals surface area contributed by atoms with Crippen molar-refractivity contribution in [3.63, 3.8) is 0 Å². The second kappa shape index (κ2) is 24.4. The molecule has 0 unspecified atom stereocenters. The van der Waals surface area contributed by atoms with Gasteiger partial charge < -0.3 is 28.8 Å². The van der Waals surface area contributed by atoms with Crippen LogP contribution in [0.1, 0.15) is 33.7 Å². The van der Waals surface area contributed by atoms with Crippen molar-refractivity contribution >= 4 is 24.3 Å². The van der Waals surface area contributed by atoms with Gasteiger partial charge in [0, 0.05) is 23.3 Å². The molecule has 338 valence electrons. The first-order chi connectivity index (χ1) is 29.6. The number of alkyl halides is 9. The van der Waals surface area contributed by atoms with Crippen LogP contribution < -0.4 is 23.7 Å². The van der Waals surface area contributed by atoms with Crippen molar-refractivity contribution in [3.05, 3.63) is 179 Å². The monoisotopic (exact) mass is 907 g/mol. The lowest BCUT2D eigenvalue weighted by Crippen LogP contribution is -2.16. The number of non-ortho nitro benzene ring substituents is 1. The first-order valence-corrected chi connectivity index (χ1v) is 17.2. The molecule has 0 aliphatic carbocycles. The predicted octanol–water partition coefficient (Wildman–Crippen LogP) is 13.5. The number of phenols is 1. The van der Waals surface area contributed by atoms with E-state index in [0.717, 1.165) is 42.0 Å². The molecule has 0 saturated carbocycles. The van der Waals surface area contributed by atoms with Crippen LogP contribution in [0.4, 0.5) is 45.2 Å². The molecule has 0 fully saturated rings. The lowest BCUT2D eigenvalue weighted by atomic mass is 10.2. The van der Waals surface area contributed by atoms with E-state index in [9.17, 15) is 59.2 Å². The molecular weight excluding hydrogens is 873 g/mol. The van der Waals surface area contributed by atoms with E-state index in [1.165, 1.54) is 60.7 Å². The minimum Gasteiger partial charge on any atom is -0.508 e. The standard InChI is InChI=1S/C15H11F3O2.C14H9F3O3.C7H5F3O2.C7H5NO3.CH4/c1-2-11-3-5-12(6-4-11)19-13-7-9-14(10-8-13)20-15(16,17)18;15-14(16,17)20-13-7-5-12(6-8-13)19-11-3-1-10(9-18)2-4-11;8-7(9,10)12-6-3-1-5(11)2-4-6;9-5-6-1-3-7(4-2-6)8(10)11;/h2-10H,1H2;1-9H;1-4,11H;1-5H;1H4. The van der Waals surface area contributed by atoms with Crippen LogP contribution in [0.3, 0.4) is 0 Å². The number of ether oxygens (including phenoxy) is 5. The molecule has 0 aliphatic heterocycles. The number of phenolic OH excluding ortho intramolecular Hbond substituents is 1. The van der Waals surface area contributed by atoms with Gasteiger partial charge >= 0.3 is 19.1 Å². The van der Waals surface area contributed by atoms with Gasteiger partial charge in [0.2, 0.25) is 0 Å². The van der Waals surface area contributed by atoms with Crippen LogP contribution in [0, 0.1) is 10.1 Å². The number of halogens is 9. The Morgan fingerprint density at radius 3 is 0.969 bits per heavy atom. The number of aldehydes is 2. The predicted molar refractivity (Wildman–Crippen MR) is 215 cm³/mol. The number of carbonyl (C=O) groups is 2. The highest BCUT2D eigenvalue weighted by molar-refractivity contribution is 5.75. The summed E-state index contributed by atoms with van der Waals surface area (Å²) in [7, 11) is 0. The zero-order chi connectivity index (χ0) is 46.6. The molecule has 0 aliphatic rings. The fraction of sp³-hybridized carbons (Fsp3) is 0.0909. The van der Waals surface area contributed by atoms with Gasteiger partial charge in [0.1, 0.15) is 58.6 Å². The highest BCUT2D eigenvalue weighted by atomic mass is 19.4. The quantitative estimate of drug-likeness (QED) is 0.0577. The van der Waals surface area contributed by atoms with Gasteiger partial charge in [-0.3, -0.25) is 19.7 Å². The van der Waals surface area contributed by atoms with Crippen molar-refractivity contribution < 1.29 is 82.8 Å². The maximum Gasteiger partial charge on any atom is 0.573 e. The van der Waals surface area contributed by atoms with E-state index < -0.39 is 24.0 Å². The van der Waals surface area contributed by atoms with Crippen molar-refractivity contribution in [2.24, 2.45) is 0 Å². The van der Waals surface area contributed by atoms with Gasteiger partial charge in [-0.2, -0.15) is 0 Å². The van der Waals surface area contributed by atoms with Crippen LogP contribution in [0.5, 0.6) is 46.0 Å². The Balaban J connectivity index is 0.000000302. The Hall–Kier alpha value is -8.03. The van der Waals surface area contributed by atoms with Crippen molar-refractivity contribution in [2.45, 2.75) is 26.5 Å². The van der Waals surface area contributed by atoms with E-state index in [1.54, 1.807) is 42.5 Å². The molecule has 0 bridgehead atoms. The lowest BCUT2D eigenvalue weighted by Gasteiger charge is -2.10. The zero-order valence-electron chi connectivity index (χ0n) is 31.8. The van der Waals surface area contributed by atoms with E-state index in [1.807, 2.05) is 12.1 Å². The zero-order valence-corrected chi connectivity index (χ0v) is 31.8. The molecular formula is C44H34F9NO10. The number of hydrogen-bond donors (Lipinski definition) is 1. The van der Waals surface area contributed by atoms with Crippen LogP contribution in [0.2, 0.25) is 0 Å². The molecule has 20 heteroatoms. The highest BCUT2D eigenvalue weighted by Gasteiger charge is 2.32. The van der Waals surface area contributed by atoms with Crippen molar-refractivity contribution in [1.82, 2.24) is 0 Å². The van der Waals surface area contributed by atoms with Gasteiger partial charge in [0.25, 0.3) is 5.69 Å². The van der Waals surface area contributed by atoms with E-state index in [-0.39, 0.29) is 36.1 Å². The van der Waals surface area contributed by atoms with E-state index in [4.69, 9.17) is 14.6 Å². The second-order valence-corrected chi connectivity index (χ2v) is 11.7. The summed E-state index contributed by atoms with van der Waals surface area (Å²) in [6.07, 6.45) is -11.0. The smallest absolute Gasteiger partial charge is 0.508 e. The van der Waals surface area contributed by atoms with Crippen molar-refractivity contribution in [1.29, 1.82) is 0 Å². The van der Waals surface area contributed by atoms with Crippen LogP contribution in [-0.2, 0) is 0 Å². The molecule has 11 nitrogen and oxygen atoms in total. The van der Waals surface area contributed by atoms with Crippen molar-refractivity contribution in [2.75, 3.05) is 0 Å². The summed E-state index contributed by atoms with van der Waals surface area (Å²) < 4.78 is 129. The molecule has 6 aromatic rings. The maximum atomic E-state index is 12.0. The fourth-order valence-corrected chi connectivity index (χ4v) is 4.30. The Bertz CT molecular complexity index is 2230. The highest BCUT2D eigenvalue weighted by Crippen LogP contribution is 2.29. The van der Waals surface area contributed by atoms with Crippen LogP contribution in [-0.4, -0.2) is 41.7 Å². The fourth-order valence-electron chi connectivity index (χ4n) is 4.30. The number of aromatic hydroxyl groups is 1.